The highest BCUT2D eigenvalue weighted by atomic mass is 16.4. The molecule has 0 bridgehead atoms. The van der Waals surface area contributed by atoms with E-state index in [2.05, 4.69) is 4.98 Å². The number of rotatable bonds is 4. The van der Waals surface area contributed by atoms with Crippen molar-refractivity contribution in [2.45, 2.75) is 26.3 Å². The number of carbonyl (C=O) groups is 1. The molecule has 0 saturated heterocycles. The fourth-order valence-corrected chi connectivity index (χ4v) is 1.44. The summed E-state index contributed by atoms with van der Waals surface area (Å²) >= 11 is 0. The van der Waals surface area contributed by atoms with E-state index in [-0.39, 0.29) is 0 Å². The number of hydrogen-bond donors (Lipinski definition) is 1. The number of carboxylic acid groups (broad SMARTS) is 1. The van der Waals surface area contributed by atoms with Gasteiger partial charge in [0, 0.05) is 13.2 Å². The summed E-state index contributed by atoms with van der Waals surface area (Å²) < 4.78 is 0. The molecule has 4 heteroatoms. The van der Waals surface area contributed by atoms with E-state index < -0.39 is 12.0 Å². The van der Waals surface area contributed by atoms with Crippen molar-refractivity contribution in [1.29, 1.82) is 0 Å². The summed E-state index contributed by atoms with van der Waals surface area (Å²) in [6.45, 7) is 3.80. The van der Waals surface area contributed by atoms with Crippen LogP contribution in [0.15, 0.2) is 18.3 Å². The standard InChI is InChI=1S/C11H16N2O2/c1-4-9(11(14)15)13(3)10-6-5-8(2)7-12-10/h5-7,9H,4H2,1-3H3,(H,14,15). The van der Waals surface area contributed by atoms with E-state index in [1.807, 2.05) is 26.0 Å². The zero-order valence-corrected chi connectivity index (χ0v) is 9.27. The fourth-order valence-electron chi connectivity index (χ4n) is 1.44. The molecule has 0 saturated carbocycles. The molecule has 0 aliphatic carbocycles. The predicted octanol–water partition coefficient (Wildman–Crippen LogP) is 1.69. The summed E-state index contributed by atoms with van der Waals surface area (Å²) in [6.07, 6.45) is 2.29. The SMILES string of the molecule is CCC(C(=O)O)N(C)c1ccc(C)cn1. The molecule has 1 N–H and O–H groups in total. The maximum atomic E-state index is 10.9. The minimum Gasteiger partial charge on any atom is -0.480 e. The Morgan fingerprint density at radius 3 is 2.67 bits per heavy atom. The monoisotopic (exact) mass is 208 g/mol. The quantitative estimate of drug-likeness (QED) is 0.818. The van der Waals surface area contributed by atoms with Crippen molar-refractivity contribution in [2.75, 3.05) is 11.9 Å². The van der Waals surface area contributed by atoms with Gasteiger partial charge in [0.1, 0.15) is 11.9 Å². The molecule has 0 radical (unpaired) electrons. The van der Waals surface area contributed by atoms with Gasteiger partial charge in [-0.1, -0.05) is 13.0 Å². The van der Waals surface area contributed by atoms with Gasteiger partial charge < -0.3 is 10.0 Å². The molecule has 15 heavy (non-hydrogen) atoms. The Labute approximate surface area is 89.6 Å². The van der Waals surface area contributed by atoms with Crippen LogP contribution in [0.25, 0.3) is 0 Å². The smallest absolute Gasteiger partial charge is 0.326 e. The third-order valence-electron chi connectivity index (χ3n) is 2.40. The van der Waals surface area contributed by atoms with E-state index in [9.17, 15) is 4.79 Å². The minimum atomic E-state index is -0.817. The number of aromatic nitrogens is 1. The first-order valence-corrected chi connectivity index (χ1v) is 4.94. The van der Waals surface area contributed by atoms with E-state index in [1.54, 1.807) is 18.1 Å². The van der Waals surface area contributed by atoms with Crippen LogP contribution in [0.5, 0.6) is 0 Å². The van der Waals surface area contributed by atoms with Crippen LogP contribution in [-0.2, 0) is 4.79 Å². The first-order valence-electron chi connectivity index (χ1n) is 4.94. The number of nitrogens with zero attached hydrogens (tertiary/aromatic N) is 2. The Morgan fingerprint density at radius 2 is 2.27 bits per heavy atom. The fraction of sp³-hybridized carbons (Fsp3) is 0.455. The number of aryl methyl sites for hydroxylation is 1. The lowest BCUT2D eigenvalue weighted by molar-refractivity contribution is -0.138. The number of likely N-dealkylation sites (N-methyl/N-ethyl adjacent to an activating group) is 1. The normalized spacial score (nSPS) is 12.2. The maximum Gasteiger partial charge on any atom is 0.326 e. The number of hydrogen-bond acceptors (Lipinski definition) is 3. The Bertz CT molecular complexity index is 335. The van der Waals surface area contributed by atoms with Crippen LogP contribution < -0.4 is 4.90 Å². The summed E-state index contributed by atoms with van der Waals surface area (Å²) in [4.78, 5) is 16.8. The van der Waals surface area contributed by atoms with Crippen LogP contribution in [0.1, 0.15) is 18.9 Å². The average Bonchev–Trinajstić information content (AvgIpc) is 2.19. The molecule has 1 rings (SSSR count). The van der Waals surface area contributed by atoms with Gasteiger partial charge >= 0.3 is 5.97 Å². The molecule has 1 heterocycles. The van der Waals surface area contributed by atoms with Gasteiger partial charge in [-0.25, -0.2) is 9.78 Å². The lowest BCUT2D eigenvalue weighted by atomic mass is 10.2. The molecular weight excluding hydrogens is 192 g/mol. The van der Waals surface area contributed by atoms with E-state index in [4.69, 9.17) is 5.11 Å². The van der Waals surface area contributed by atoms with Crippen molar-refractivity contribution in [2.24, 2.45) is 0 Å². The number of pyridine rings is 1. The van der Waals surface area contributed by atoms with Crippen molar-refractivity contribution >= 4 is 11.8 Å². The van der Waals surface area contributed by atoms with Crippen molar-refractivity contribution in [3.63, 3.8) is 0 Å². The molecule has 82 valence electrons. The van der Waals surface area contributed by atoms with Gasteiger partial charge in [-0.3, -0.25) is 0 Å². The number of aliphatic carboxylic acids is 1. The second-order valence-corrected chi connectivity index (χ2v) is 3.57. The van der Waals surface area contributed by atoms with Crippen molar-refractivity contribution in [3.8, 4) is 0 Å². The highest BCUT2D eigenvalue weighted by Gasteiger charge is 2.21. The Morgan fingerprint density at radius 1 is 1.60 bits per heavy atom. The van der Waals surface area contributed by atoms with Crippen LogP contribution in [0.4, 0.5) is 5.82 Å². The number of anilines is 1. The molecule has 1 unspecified atom stereocenters. The van der Waals surface area contributed by atoms with E-state index in [0.29, 0.717) is 12.2 Å². The number of carboxylic acids is 1. The van der Waals surface area contributed by atoms with Gasteiger partial charge in [0.25, 0.3) is 0 Å². The van der Waals surface area contributed by atoms with Gasteiger partial charge in [0.2, 0.25) is 0 Å². The third-order valence-corrected chi connectivity index (χ3v) is 2.40. The van der Waals surface area contributed by atoms with E-state index in [1.165, 1.54) is 0 Å². The molecule has 0 aliphatic heterocycles. The zero-order chi connectivity index (χ0) is 11.4. The lowest BCUT2D eigenvalue weighted by Gasteiger charge is -2.24. The van der Waals surface area contributed by atoms with Crippen molar-refractivity contribution in [1.82, 2.24) is 4.98 Å². The van der Waals surface area contributed by atoms with Gasteiger partial charge in [0.05, 0.1) is 0 Å². The Balaban J connectivity index is 2.87. The summed E-state index contributed by atoms with van der Waals surface area (Å²) in [5, 5.41) is 8.99. The van der Waals surface area contributed by atoms with Gasteiger partial charge in [0.15, 0.2) is 0 Å². The van der Waals surface area contributed by atoms with Crippen molar-refractivity contribution in [3.05, 3.63) is 23.9 Å². The molecule has 0 aromatic carbocycles. The van der Waals surface area contributed by atoms with Gasteiger partial charge in [-0.15, -0.1) is 0 Å². The third kappa shape index (κ3) is 2.68. The van der Waals surface area contributed by atoms with Gasteiger partial charge in [-0.05, 0) is 25.0 Å². The Kier molecular flexibility index (Phi) is 3.66. The highest BCUT2D eigenvalue weighted by molar-refractivity contribution is 5.77. The van der Waals surface area contributed by atoms with Crippen LogP contribution >= 0.6 is 0 Å². The Hall–Kier alpha value is -1.58. The first-order chi connectivity index (χ1) is 7.06. The highest BCUT2D eigenvalue weighted by Crippen LogP contribution is 2.14. The second kappa shape index (κ2) is 4.77. The summed E-state index contributed by atoms with van der Waals surface area (Å²) in [7, 11) is 1.75. The second-order valence-electron chi connectivity index (χ2n) is 3.57. The summed E-state index contributed by atoms with van der Waals surface area (Å²) in [5.41, 5.74) is 1.07. The minimum absolute atomic E-state index is 0.514. The zero-order valence-electron chi connectivity index (χ0n) is 9.27. The van der Waals surface area contributed by atoms with Crippen molar-refractivity contribution < 1.29 is 9.90 Å². The molecule has 0 aliphatic rings. The largest absolute Gasteiger partial charge is 0.480 e. The first kappa shape index (κ1) is 11.5. The van der Waals surface area contributed by atoms with Gasteiger partial charge in [-0.2, -0.15) is 0 Å². The molecule has 0 amide bonds. The van der Waals surface area contributed by atoms with Crippen LogP contribution in [0.2, 0.25) is 0 Å². The molecule has 0 fully saturated rings. The topological polar surface area (TPSA) is 53.4 Å². The van der Waals surface area contributed by atoms with Crippen LogP contribution in [0, 0.1) is 6.92 Å². The van der Waals surface area contributed by atoms with E-state index >= 15 is 0 Å². The molecule has 1 aromatic heterocycles. The van der Waals surface area contributed by atoms with Crippen LogP contribution in [-0.4, -0.2) is 29.1 Å². The van der Waals surface area contributed by atoms with E-state index in [0.717, 1.165) is 5.56 Å². The van der Waals surface area contributed by atoms with Crippen LogP contribution in [0.3, 0.4) is 0 Å². The molecule has 0 spiro atoms. The predicted molar refractivity (Wildman–Crippen MR) is 59.1 cm³/mol. The average molecular weight is 208 g/mol. The molecule has 1 atom stereocenters. The molecule has 4 nitrogen and oxygen atoms in total. The maximum absolute atomic E-state index is 10.9. The molecular formula is C11H16N2O2. The molecule has 1 aromatic rings. The summed E-state index contributed by atoms with van der Waals surface area (Å²) in [5.74, 6) is -0.128. The lowest BCUT2D eigenvalue weighted by Crippen LogP contribution is -2.38. The summed E-state index contributed by atoms with van der Waals surface area (Å²) in [6, 6.07) is 3.24.